The first kappa shape index (κ1) is 13.0. The summed E-state index contributed by atoms with van der Waals surface area (Å²) in [6, 6.07) is 14.8. The van der Waals surface area contributed by atoms with Crippen LogP contribution in [-0.2, 0) is 0 Å². The van der Waals surface area contributed by atoms with Crippen molar-refractivity contribution in [1.82, 2.24) is 5.43 Å². The largest absolute Gasteiger partial charge is 0.352 e. The Labute approximate surface area is 116 Å². The first-order valence-corrected chi connectivity index (χ1v) is 5.57. The molecule has 0 spiro atoms. The molecule has 0 fully saturated rings. The van der Waals surface area contributed by atoms with E-state index in [4.69, 9.17) is 5.73 Å². The summed E-state index contributed by atoms with van der Waals surface area (Å²) in [6.07, 6.45) is 0. The third-order valence-electron chi connectivity index (χ3n) is 2.78. The molecule has 0 saturated heterocycles. The molecular weight excluding hydrogens is 264 g/mol. The molecule has 1 heterocycles. The number of carbonyl (C=O) groups excluding carboxylic acids is 1. The standard InChI is InChI=1S/C13H12N4O.ClH/c14-13(18)16-17-11-7-3-1-5-9(11)15-10-6-2-4-8-12(10)17;/h1-8,15H,(H3,14,16,18);1H. The molecule has 1 aliphatic heterocycles. The van der Waals surface area contributed by atoms with Gasteiger partial charge in [0.15, 0.2) is 0 Å². The van der Waals surface area contributed by atoms with Crippen LogP contribution < -0.4 is 21.5 Å². The van der Waals surface area contributed by atoms with Crippen LogP contribution in [0.25, 0.3) is 0 Å². The number of hydrogen-bond donors (Lipinski definition) is 3. The number of carbonyl (C=O) groups is 1. The van der Waals surface area contributed by atoms with Crippen molar-refractivity contribution in [2.45, 2.75) is 0 Å². The fourth-order valence-corrected chi connectivity index (χ4v) is 2.05. The van der Waals surface area contributed by atoms with Crippen LogP contribution in [-0.4, -0.2) is 6.03 Å². The summed E-state index contributed by atoms with van der Waals surface area (Å²) in [5, 5.41) is 4.99. The lowest BCUT2D eigenvalue weighted by Gasteiger charge is -2.32. The van der Waals surface area contributed by atoms with Crippen LogP contribution in [0.5, 0.6) is 0 Å². The molecule has 0 radical (unpaired) electrons. The maximum absolute atomic E-state index is 11.1. The number of amides is 2. The lowest BCUT2D eigenvalue weighted by Crippen LogP contribution is -2.43. The summed E-state index contributed by atoms with van der Waals surface area (Å²) in [5.74, 6) is 0. The molecule has 6 heteroatoms. The molecule has 0 bridgehead atoms. The molecule has 0 saturated carbocycles. The molecule has 0 aliphatic carbocycles. The molecule has 0 atom stereocenters. The number of hydrogen-bond acceptors (Lipinski definition) is 3. The smallest absolute Gasteiger partial charge is 0.331 e. The molecule has 0 unspecified atom stereocenters. The summed E-state index contributed by atoms with van der Waals surface area (Å²) in [4.78, 5) is 11.1. The molecule has 2 amide bonds. The van der Waals surface area contributed by atoms with E-state index in [0.29, 0.717) is 0 Å². The highest BCUT2D eigenvalue weighted by atomic mass is 35.5. The summed E-state index contributed by atoms with van der Waals surface area (Å²) < 4.78 is 0. The molecule has 1 aliphatic rings. The summed E-state index contributed by atoms with van der Waals surface area (Å²) in [6.45, 7) is 0. The molecule has 2 aromatic rings. The van der Waals surface area contributed by atoms with Crippen molar-refractivity contribution in [1.29, 1.82) is 0 Å². The minimum Gasteiger partial charge on any atom is -0.352 e. The van der Waals surface area contributed by atoms with Gasteiger partial charge in [-0.05, 0) is 24.3 Å². The average Bonchev–Trinajstić information content (AvgIpc) is 2.38. The minimum absolute atomic E-state index is 0. The second-order valence-electron chi connectivity index (χ2n) is 3.97. The Morgan fingerprint density at radius 2 is 1.47 bits per heavy atom. The van der Waals surface area contributed by atoms with Gasteiger partial charge in [-0.15, -0.1) is 12.4 Å². The van der Waals surface area contributed by atoms with Crippen molar-refractivity contribution >= 4 is 41.2 Å². The number of urea groups is 1. The topological polar surface area (TPSA) is 70.4 Å². The van der Waals surface area contributed by atoms with E-state index >= 15 is 0 Å². The Hall–Kier alpha value is -2.40. The molecule has 4 N–H and O–H groups in total. The van der Waals surface area contributed by atoms with Gasteiger partial charge in [-0.25, -0.2) is 15.2 Å². The molecule has 19 heavy (non-hydrogen) atoms. The normalized spacial score (nSPS) is 11.5. The highest BCUT2D eigenvalue weighted by molar-refractivity contribution is 5.93. The van der Waals surface area contributed by atoms with Gasteiger partial charge in [-0.2, -0.15) is 0 Å². The van der Waals surface area contributed by atoms with Gasteiger partial charge in [0.2, 0.25) is 0 Å². The van der Waals surface area contributed by atoms with Gasteiger partial charge in [0.25, 0.3) is 0 Å². The van der Waals surface area contributed by atoms with Crippen LogP contribution in [0.15, 0.2) is 48.5 Å². The zero-order valence-electron chi connectivity index (χ0n) is 9.96. The summed E-state index contributed by atoms with van der Waals surface area (Å²) >= 11 is 0. The number of nitrogens with one attached hydrogen (secondary N) is 2. The van der Waals surface area contributed by atoms with Gasteiger partial charge < -0.3 is 11.1 Å². The first-order valence-electron chi connectivity index (χ1n) is 5.57. The van der Waals surface area contributed by atoms with E-state index in [1.165, 1.54) is 0 Å². The van der Waals surface area contributed by atoms with Crippen LogP contribution in [0.1, 0.15) is 0 Å². The highest BCUT2D eigenvalue weighted by Gasteiger charge is 2.22. The van der Waals surface area contributed by atoms with Gasteiger partial charge in [-0.1, -0.05) is 24.3 Å². The minimum atomic E-state index is -0.596. The Balaban J connectivity index is 0.00000133. The number of benzene rings is 2. The van der Waals surface area contributed by atoms with Crippen molar-refractivity contribution in [3.05, 3.63) is 48.5 Å². The van der Waals surface area contributed by atoms with Crippen molar-refractivity contribution < 1.29 is 4.79 Å². The van der Waals surface area contributed by atoms with Crippen LogP contribution in [0, 0.1) is 0 Å². The quantitative estimate of drug-likeness (QED) is 0.750. The number of para-hydroxylation sites is 4. The Kier molecular flexibility index (Phi) is 3.48. The van der Waals surface area contributed by atoms with E-state index < -0.39 is 6.03 Å². The maximum atomic E-state index is 11.1. The molecular formula is C13H13ClN4O. The number of nitrogens with zero attached hydrogens (tertiary/aromatic N) is 1. The summed E-state index contributed by atoms with van der Waals surface area (Å²) in [5.41, 5.74) is 11.4. The fourth-order valence-electron chi connectivity index (χ4n) is 2.05. The van der Waals surface area contributed by atoms with E-state index in [1.54, 1.807) is 5.01 Å². The zero-order chi connectivity index (χ0) is 12.5. The second kappa shape index (κ2) is 5.07. The van der Waals surface area contributed by atoms with E-state index in [1.807, 2.05) is 48.5 Å². The zero-order valence-corrected chi connectivity index (χ0v) is 10.8. The number of fused-ring (bicyclic) bond motifs is 2. The monoisotopic (exact) mass is 276 g/mol. The van der Waals surface area contributed by atoms with Gasteiger partial charge in [0.1, 0.15) is 0 Å². The van der Waals surface area contributed by atoms with Crippen molar-refractivity contribution in [3.63, 3.8) is 0 Å². The van der Waals surface area contributed by atoms with Gasteiger partial charge in [0.05, 0.1) is 22.7 Å². The molecule has 3 rings (SSSR count). The Morgan fingerprint density at radius 1 is 1.00 bits per heavy atom. The molecule has 98 valence electrons. The van der Waals surface area contributed by atoms with E-state index in [9.17, 15) is 4.79 Å². The number of hydrazine groups is 1. The van der Waals surface area contributed by atoms with E-state index in [0.717, 1.165) is 22.7 Å². The third kappa shape index (κ3) is 2.28. The van der Waals surface area contributed by atoms with Crippen molar-refractivity contribution in [3.8, 4) is 0 Å². The lowest BCUT2D eigenvalue weighted by atomic mass is 10.1. The summed E-state index contributed by atoms with van der Waals surface area (Å²) in [7, 11) is 0. The fraction of sp³-hybridized carbons (Fsp3) is 0. The Bertz CT molecular complexity index is 572. The number of halogens is 1. The second-order valence-corrected chi connectivity index (χ2v) is 3.97. The van der Waals surface area contributed by atoms with Crippen LogP contribution in [0.3, 0.4) is 0 Å². The van der Waals surface area contributed by atoms with Gasteiger partial charge in [-0.3, -0.25) is 0 Å². The van der Waals surface area contributed by atoms with Crippen LogP contribution in [0.4, 0.5) is 27.5 Å². The van der Waals surface area contributed by atoms with Crippen LogP contribution >= 0.6 is 12.4 Å². The number of anilines is 4. The van der Waals surface area contributed by atoms with E-state index in [-0.39, 0.29) is 12.4 Å². The van der Waals surface area contributed by atoms with Gasteiger partial charge >= 0.3 is 6.03 Å². The average molecular weight is 277 g/mol. The van der Waals surface area contributed by atoms with E-state index in [2.05, 4.69) is 10.7 Å². The lowest BCUT2D eigenvalue weighted by molar-refractivity contribution is 0.249. The SMILES string of the molecule is Cl.NC(=O)NN1c2ccccc2Nc2ccccc21. The number of nitrogens with two attached hydrogens (primary N) is 1. The highest BCUT2D eigenvalue weighted by Crippen LogP contribution is 2.41. The molecule has 0 aromatic heterocycles. The van der Waals surface area contributed by atoms with Crippen LogP contribution in [0.2, 0.25) is 0 Å². The maximum Gasteiger partial charge on any atom is 0.331 e. The predicted molar refractivity (Wildman–Crippen MR) is 78.3 cm³/mol. The van der Waals surface area contributed by atoms with Gasteiger partial charge in [0, 0.05) is 0 Å². The van der Waals surface area contributed by atoms with Crippen molar-refractivity contribution in [2.24, 2.45) is 5.73 Å². The molecule has 2 aromatic carbocycles. The van der Waals surface area contributed by atoms with Crippen molar-refractivity contribution in [2.75, 3.05) is 10.3 Å². The molecule has 5 nitrogen and oxygen atoms in total. The first-order chi connectivity index (χ1) is 8.75. The third-order valence-corrected chi connectivity index (χ3v) is 2.78. The Morgan fingerprint density at radius 3 is 1.95 bits per heavy atom. The predicted octanol–water partition coefficient (Wildman–Crippen LogP) is 2.89. The number of primary amides is 1. The number of rotatable bonds is 1.